The summed E-state index contributed by atoms with van der Waals surface area (Å²) in [6.07, 6.45) is 5.18. The van der Waals surface area contributed by atoms with E-state index in [0.29, 0.717) is 38.9 Å². The van der Waals surface area contributed by atoms with Crippen LogP contribution in [0.3, 0.4) is 0 Å². The fraction of sp³-hybridized carbons (Fsp3) is 0.375. The summed E-state index contributed by atoms with van der Waals surface area (Å²) in [5, 5.41) is 9.83. The Bertz CT molecular complexity index is 1090. The van der Waals surface area contributed by atoms with Gasteiger partial charge in [-0.2, -0.15) is 0 Å². The van der Waals surface area contributed by atoms with Crippen LogP contribution in [-0.2, 0) is 29.1 Å². The molecule has 0 radical (unpaired) electrons. The van der Waals surface area contributed by atoms with Crippen molar-refractivity contribution in [3.63, 3.8) is 0 Å². The molecule has 0 aliphatic carbocycles. The maximum Gasteiger partial charge on any atom is 0.303 e. The lowest BCUT2D eigenvalue weighted by Gasteiger charge is -2.28. The number of aromatic nitrogens is 2. The summed E-state index contributed by atoms with van der Waals surface area (Å²) in [5.74, 6) is -0.952. The Morgan fingerprint density at radius 1 is 1.06 bits per heavy atom. The number of pyridine rings is 1. The molecule has 0 saturated carbocycles. The molecule has 162 valence electrons. The second kappa shape index (κ2) is 9.29. The van der Waals surface area contributed by atoms with Crippen LogP contribution in [0.4, 0.5) is 4.39 Å². The molecule has 7 heteroatoms. The number of unbranched alkanes of at least 4 members (excludes halogenated alkanes) is 2. The highest BCUT2D eigenvalue weighted by Gasteiger charge is 2.26. The minimum absolute atomic E-state index is 0.104. The molecule has 1 aliphatic heterocycles. The van der Waals surface area contributed by atoms with Gasteiger partial charge in [0.1, 0.15) is 11.5 Å². The van der Waals surface area contributed by atoms with E-state index < -0.39 is 5.97 Å². The Hall–Kier alpha value is -3.22. The van der Waals surface area contributed by atoms with Crippen molar-refractivity contribution in [1.82, 2.24) is 14.5 Å². The topological polar surface area (TPSA) is 75.4 Å². The van der Waals surface area contributed by atoms with Crippen LogP contribution in [0.25, 0.3) is 11.0 Å². The van der Waals surface area contributed by atoms with Crippen molar-refractivity contribution < 1.29 is 19.1 Å². The first kappa shape index (κ1) is 21.0. The zero-order valence-electron chi connectivity index (χ0n) is 17.4. The van der Waals surface area contributed by atoms with Crippen molar-refractivity contribution in [3.05, 3.63) is 65.2 Å². The second-order valence-electron chi connectivity index (χ2n) is 8.03. The maximum absolute atomic E-state index is 13.3. The molecule has 0 atom stereocenters. The van der Waals surface area contributed by atoms with E-state index in [9.17, 15) is 14.0 Å². The highest BCUT2D eigenvalue weighted by atomic mass is 19.1. The van der Waals surface area contributed by atoms with Crippen molar-refractivity contribution in [1.29, 1.82) is 0 Å². The molecule has 4 rings (SSSR count). The average Bonchev–Trinajstić information content (AvgIpc) is 3.08. The SMILES string of the molecule is O=C(O)CCCCCC(=O)N1CCc2c(n(Cc3ccc(F)cc3)c3ncccc23)C1. The summed E-state index contributed by atoms with van der Waals surface area (Å²) in [6, 6.07) is 10.5. The van der Waals surface area contributed by atoms with Crippen molar-refractivity contribution in [3.8, 4) is 0 Å². The average molecular weight is 423 g/mol. The number of halogens is 1. The summed E-state index contributed by atoms with van der Waals surface area (Å²) >= 11 is 0. The van der Waals surface area contributed by atoms with E-state index in [1.807, 2.05) is 11.0 Å². The lowest BCUT2D eigenvalue weighted by atomic mass is 10.0. The Morgan fingerprint density at radius 2 is 1.84 bits per heavy atom. The third kappa shape index (κ3) is 4.76. The number of carboxylic acids is 1. The molecule has 0 spiro atoms. The van der Waals surface area contributed by atoms with E-state index >= 15 is 0 Å². The van der Waals surface area contributed by atoms with Crippen molar-refractivity contribution >= 4 is 22.9 Å². The van der Waals surface area contributed by atoms with Crippen LogP contribution in [0.5, 0.6) is 0 Å². The van der Waals surface area contributed by atoms with E-state index in [2.05, 4.69) is 15.6 Å². The quantitative estimate of drug-likeness (QED) is 0.553. The minimum Gasteiger partial charge on any atom is -0.481 e. The van der Waals surface area contributed by atoms with Crippen LogP contribution >= 0.6 is 0 Å². The van der Waals surface area contributed by atoms with Gasteiger partial charge in [0.25, 0.3) is 0 Å². The van der Waals surface area contributed by atoms with Gasteiger partial charge in [0.2, 0.25) is 5.91 Å². The second-order valence-corrected chi connectivity index (χ2v) is 8.03. The molecule has 1 amide bonds. The molecule has 2 aromatic heterocycles. The minimum atomic E-state index is -0.794. The first-order valence-corrected chi connectivity index (χ1v) is 10.7. The summed E-state index contributed by atoms with van der Waals surface area (Å²) in [6.45, 7) is 1.77. The number of fused-ring (bicyclic) bond motifs is 3. The molecule has 6 nitrogen and oxygen atoms in total. The molecule has 3 heterocycles. The van der Waals surface area contributed by atoms with Gasteiger partial charge in [-0.05, 0) is 54.7 Å². The third-order valence-corrected chi connectivity index (χ3v) is 5.90. The summed E-state index contributed by atoms with van der Waals surface area (Å²) < 4.78 is 15.5. The van der Waals surface area contributed by atoms with Gasteiger partial charge < -0.3 is 14.6 Å². The number of hydrogen-bond acceptors (Lipinski definition) is 3. The number of benzene rings is 1. The normalized spacial score (nSPS) is 13.4. The van der Waals surface area contributed by atoms with E-state index in [-0.39, 0.29) is 18.1 Å². The van der Waals surface area contributed by atoms with Crippen LogP contribution in [0.15, 0.2) is 42.6 Å². The fourth-order valence-electron chi connectivity index (χ4n) is 4.30. The maximum atomic E-state index is 13.3. The molecule has 0 saturated heterocycles. The van der Waals surface area contributed by atoms with Crippen molar-refractivity contribution in [2.24, 2.45) is 0 Å². The van der Waals surface area contributed by atoms with Gasteiger partial charge in [-0.1, -0.05) is 18.6 Å². The standard InChI is InChI=1S/C24H26FN3O3/c25-18-10-8-17(9-11-18)15-28-21-16-27(22(29)6-2-1-3-7-23(30)31)14-12-19(21)20-5-4-13-26-24(20)28/h4-5,8-11,13H,1-3,6-7,12,14-16H2,(H,30,31). The monoisotopic (exact) mass is 423 g/mol. The van der Waals surface area contributed by atoms with Crippen LogP contribution in [0.2, 0.25) is 0 Å². The van der Waals surface area contributed by atoms with E-state index in [1.165, 1.54) is 17.7 Å². The Kier molecular flexibility index (Phi) is 6.30. The Labute approximate surface area is 180 Å². The van der Waals surface area contributed by atoms with E-state index in [4.69, 9.17) is 5.11 Å². The molecular formula is C24H26FN3O3. The molecule has 0 bridgehead atoms. The lowest BCUT2D eigenvalue weighted by molar-refractivity contribution is -0.137. The smallest absolute Gasteiger partial charge is 0.303 e. The number of amides is 1. The molecule has 3 aromatic rings. The predicted molar refractivity (Wildman–Crippen MR) is 115 cm³/mol. The predicted octanol–water partition coefficient (Wildman–Crippen LogP) is 4.14. The van der Waals surface area contributed by atoms with E-state index in [0.717, 1.165) is 35.1 Å². The molecule has 1 N–H and O–H groups in total. The number of aliphatic carboxylic acids is 1. The highest BCUT2D eigenvalue weighted by molar-refractivity contribution is 5.84. The van der Waals surface area contributed by atoms with Crippen LogP contribution in [0.1, 0.15) is 48.9 Å². The van der Waals surface area contributed by atoms with Gasteiger partial charge in [-0.25, -0.2) is 9.37 Å². The molecule has 0 unspecified atom stereocenters. The number of carbonyl (C=O) groups is 2. The van der Waals surface area contributed by atoms with Crippen LogP contribution in [0, 0.1) is 5.82 Å². The van der Waals surface area contributed by atoms with Crippen molar-refractivity contribution in [2.45, 2.75) is 51.6 Å². The summed E-state index contributed by atoms with van der Waals surface area (Å²) in [5.41, 5.74) is 4.19. The molecule has 31 heavy (non-hydrogen) atoms. The lowest BCUT2D eigenvalue weighted by Crippen LogP contribution is -2.36. The van der Waals surface area contributed by atoms with Gasteiger partial charge in [0, 0.05) is 43.2 Å². The van der Waals surface area contributed by atoms with Crippen LogP contribution in [-0.4, -0.2) is 38.0 Å². The number of nitrogens with zero attached hydrogens (tertiary/aromatic N) is 3. The summed E-state index contributed by atoms with van der Waals surface area (Å²) in [4.78, 5) is 29.9. The summed E-state index contributed by atoms with van der Waals surface area (Å²) in [7, 11) is 0. The van der Waals surface area contributed by atoms with Gasteiger partial charge >= 0.3 is 5.97 Å². The zero-order chi connectivity index (χ0) is 21.8. The van der Waals surface area contributed by atoms with Gasteiger partial charge in [0.05, 0.1) is 6.54 Å². The van der Waals surface area contributed by atoms with Gasteiger partial charge in [-0.15, -0.1) is 0 Å². The molecule has 1 aromatic carbocycles. The first-order chi connectivity index (χ1) is 15.0. The molecule has 0 fully saturated rings. The molecular weight excluding hydrogens is 397 g/mol. The van der Waals surface area contributed by atoms with Crippen LogP contribution < -0.4 is 0 Å². The Morgan fingerprint density at radius 3 is 2.61 bits per heavy atom. The first-order valence-electron chi connectivity index (χ1n) is 10.7. The van der Waals surface area contributed by atoms with Gasteiger partial charge in [0.15, 0.2) is 0 Å². The van der Waals surface area contributed by atoms with Gasteiger partial charge in [-0.3, -0.25) is 9.59 Å². The highest BCUT2D eigenvalue weighted by Crippen LogP contribution is 2.31. The molecule has 1 aliphatic rings. The largest absolute Gasteiger partial charge is 0.481 e. The zero-order valence-corrected chi connectivity index (χ0v) is 17.4. The third-order valence-electron chi connectivity index (χ3n) is 5.90. The fourth-order valence-corrected chi connectivity index (χ4v) is 4.30. The Balaban J connectivity index is 1.51. The van der Waals surface area contributed by atoms with E-state index in [1.54, 1.807) is 18.3 Å². The number of rotatable bonds is 8. The number of carbonyl (C=O) groups excluding carboxylic acids is 1. The number of carboxylic acid groups (broad SMARTS) is 1. The van der Waals surface area contributed by atoms with Crippen molar-refractivity contribution in [2.75, 3.05) is 6.54 Å². The number of hydrogen-bond donors (Lipinski definition) is 1.